The molecule has 3 nitrogen and oxygen atoms in total. The summed E-state index contributed by atoms with van der Waals surface area (Å²) in [5.74, 6) is 0.352. The van der Waals surface area contributed by atoms with Gasteiger partial charge >= 0.3 is 0 Å². The lowest BCUT2D eigenvalue weighted by molar-refractivity contribution is 0.0901. The molecule has 4 heteroatoms. The number of fused-ring (bicyclic) bond motifs is 3. The van der Waals surface area contributed by atoms with E-state index in [0.29, 0.717) is 16.2 Å². The molecule has 102 valence electrons. The Morgan fingerprint density at radius 3 is 2.55 bits per heavy atom. The highest BCUT2D eigenvalue weighted by Crippen LogP contribution is 2.46. The number of ketones is 1. The first-order valence-electron chi connectivity index (χ1n) is 7.21. The maximum absolute atomic E-state index is 12.7. The van der Waals surface area contributed by atoms with Gasteiger partial charge in [0.25, 0.3) is 0 Å². The fourth-order valence-corrected chi connectivity index (χ4v) is 5.13. The molecule has 2 saturated heterocycles. The maximum Gasteiger partial charge on any atom is 0.185 e. The van der Waals surface area contributed by atoms with Gasteiger partial charge in [0.05, 0.1) is 17.2 Å². The van der Waals surface area contributed by atoms with E-state index in [2.05, 4.69) is 21.7 Å². The van der Waals surface area contributed by atoms with Crippen LogP contribution in [0.2, 0.25) is 0 Å². The molecule has 2 aliphatic rings. The molecule has 2 aromatic rings. The number of para-hydroxylation sites is 2. The normalized spacial score (nSPS) is 28.7. The molecule has 0 radical (unpaired) electrons. The zero-order chi connectivity index (χ0) is 13.5. The molecule has 0 amide bonds. The van der Waals surface area contributed by atoms with E-state index in [4.69, 9.17) is 0 Å². The van der Waals surface area contributed by atoms with Crippen LogP contribution in [-0.2, 0) is 0 Å². The molecule has 0 saturated carbocycles. The van der Waals surface area contributed by atoms with Crippen molar-refractivity contribution in [1.82, 2.24) is 9.97 Å². The van der Waals surface area contributed by atoms with Crippen LogP contribution in [-0.4, -0.2) is 26.3 Å². The fourth-order valence-electron chi connectivity index (χ4n) is 3.36. The molecule has 2 unspecified atom stereocenters. The van der Waals surface area contributed by atoms with Crippen LogP contribution in [0.4, 0.5) is 0 Å². The van der Waals surface area contributed by atoms with Gasteiger partial charge in [-0.1, -0.05) is 12.1 Å². The van der Waals surface area contributed by atoms with Gasteiger partial charge in [-0.05, 0) is 37.8 Å². The standard InChI is InChI=1S/C16H16N2OS/c19-16(10-7-11-5-6-12(8-10)20-11)15-9-17-13-3-1-2-4-14(13)18-15/h1-4,9-12H,5-8H2. The van der Waals surface area contributed by atoms with E-state index >= 15 is 0 Å². The number of carbonyl (C=O) groups is 1. The predicted molar refractivity (Wildman–Crippen MR) is 81.0 cm³/mol. The van der Waals surface area contributed by atoms with Crippen molar-refractivity contribution in [3.8, 4) is 0 Å². The highest BCUT2D eigenvalue weighted by molar-refractivity contribution is 8.00. The molecule has 0 spiro atoms. The summed E-state index contributed by atoms with van der Waals surface area (Å²) in [4.78, 5) is 21.5. The minimum atomic E-state index is 0.157. The van der Waals surface area contributed by atoms with Crippen molar-refractivity contribution < 1.29 is 4.79 Å². The Kier molecular flexibility index (Phi) is 2.99. The first-order chi connectivity index (χ1) is 9.79. The molecule has 2 bridgehead atoms. The van der Waals surface area contributed by atoms with Crippen LogP contribution in [0.25, 0.3) is 11.0 Å². The Bertz CT molecular complexity index is 660. The predicted octanol–water partition coefficient (Wildman–Crippen LogP) is 3.49. The summed E-state index contributed by atoms with van der Waals surface area (Å²) in [6, 6.07) is 7.71. The van der Waals surface area contributed by atoms with E-state index in [-0.39, 0.29) is 11.7 Å². The highest BCUT2D eigenvalue weighted by Gasteiger charge is 2.38. The summed E-state index contributed by atoms with van der Waals surface area (Å²) in [6.07, 6.45) is 6.25. The van der Waals surface area contributed by atoms with E-state index in [1.165, 1.54) is 12.8 Å². The van der Waals surface area contributed by atoms with Crippen molar-refractivity contribution in [2.45, 2.75) is 36.2 Å². The van der Waals surface area contributed by atoms with Crippen LogP contribution < -0.4 is 0 Å². The second-order valence-electron chi connectivity index (χ2n) is 5.73. The number of benzene rings is 1. The Hall–Kier alpha value is -1.42. The lowest BCUT2D eigenvalue weighted by atomic mass is 9.93. The third-order valence-corrected chi connectivity index (χ3v) is 5.99. The van der Waals surface area contributed by atoms with E-state index < -0.39 is 0 Å². The zero-order valence-electron chi connectivity index (χ0n) is 11.2. The number of rotatable bonds is 2. The average molecular weight is 284 g/mol. The highest BCUT2D eigenvalue weighted by atomic mass is 32.2. The number of aromatic nitrogens is 2. The molecule has 2 atom stereocenters. The molecule has 2 aliphatic heterocycles. The van der Waals surface area contributed by atoms with Crippen LogP contribution in [0.3, 0.4) is 0 Å². The van der Waals surface area contributed by atoms with Gasteiger partial charge in [0.1, 0.15) is 5.69 Å². The summed E-state index contributed by atoms with van der Waals surface area (Å²) in [5, 5.41) is 1.38. The quantitative estimate of drug-likeness (QED) is 0.792. The van der Waals surface area contributed by atoms with E-state index in [1.54, 1.807) is 6.20 Å². The lowest BCUT2D eigenvalue weighted by Gasteiger charge is -2.25. The summed E-state index contributed by atoms with van der Waals surface area (Å²) in [6.45, 7) is 0. The van der Waals surface area contributed by atoms with Gasteiger partial charge in [0.15, 0.2) is 5.78 Å². The molecular formula is C16H16N2OS. The Balaban J connectivity index is 1.63. The summed E-state index contributed by atoms with van der Waals surface area (Å²) in [7, 11) is 0. The number of hydrogen-bond donors (Lipinski definition) is 0. The molecule has 1 aromatic heterocycles. The summed E-state index contributed by atoms with van der Waals surface area (Å²) < 4.78 is 0. The van der Waals surface area contributed by atoms with Crippen molar-refractivity contribution in [2.24, 2.45) is 5.92 Å². The number of carbonyl (C=O) groups excluding carboxylic acids is 1. The van der Waals surface area contributed by atoms with Crippen molar-refractivity contribution in [3.63, 3.8) is 0 Å². The number of hydrogen-bond acceptors (Lipinski definition) is 4. The van der Waals surface area contributed by atoms with Gasteiger partial charge in [-0.3, -0.25) is 9.78 Å². The van der Waals surface area contributed by atoms with Gasteiger partial charge in [-0.2, -0.15) is 11.8 Å². The van der Waals surface area contributed by atoms with Gasteiger partial charge in [-0.15, -0.1) is 0 Å². The third-order valence-electron chi connectivity index (χ3n) is 4.36. The van der Waals surface area contributed by atoms with Crippen LogP contribution >= 0.6 is 11.8 Å². The van der Waals surface area contributed by atoms with Crippen LogP contribution in [0.5, 0.6) is 0 Å². The molecule has 0 aliphatic carbocycles. The van der Waals surface area contributed by atoms with Crippen molar-refractivity contribution in [3.05, 3.63) is 36.2 Å². The Morgan fingerprint density at radius 2 is 1.80 bits per heavy atom. The number of thioether (sulfide) groups is 1. The Morgan fingerprint density at radius 1 is 1.10 bits per heavy atom. The van der Waals surface area contributed by atoms with E-state index in [9.17, 15) is 4.79 Å². The summed E-state index contributed by atoms with van der Waals surface area (Å²) in [5.41, 5.74) is 2.20. The molecule has 3 heterocycles. The molecule has 1 aromatic carbocycles. The second-order valence-corrected chi connectivity index (χ2v) is 7.34. The Labute approximate surface area is 122 Å². The van der Waals surface area contributed by atoms with Crippen LogP contribution in [0, 0.1) is 5.92 Å². The molecule has 2 fully saturated rings. The van der Waals surface area contributed by atoms with Crippen LogP contribution in [0.15, 0.2) is 30.5 Å². The number of Topliss-reactive ketones (excluding diaryl/α,β-unsaturated/α-hetero) is 1. The zero-order valence-corrected chi connectivity index (χ0v) is 12.0. The van der Waals surface area contributed by atoms with Crippen molar-refractivity contribution in [2.75, 3.05) is 0 Å². The minimum absolute atomic E-state index is 0.157. The fraction of sp³-hybridized carbons (Fsp3) is 0.438. The van der Waals surface area contributed by atoms with Gasteiger partial charge in [0, 0.05) is 16.4 Å². The van der Waals surface area contributed by atoms with Gasteiger partial charge in [0.2, 0.25) is 0 Å². The first-order valence-corrected chi connectivity index (χ1v) is 8.15. The topological polar surface area (TPSA) is 42.9 Å². The molecule has 4 rings (SSSR count). The van der Waals surface area contributed by atoms with Gasteiger partial charge < -0.3 is 0 Å². The van der Waals surface area contributed by atoms with E-state index in [0.717, 1.165) is 23.9 Å². The first kappa shape index (κ1) is 12.3. The smallest absolute Gasteiger partial charge is 0.185 e. The molecule has 0 N–H and O–H groups in total. The summed E-state index contributed by atoms with van der Waals surface area (Å²) >= 11 is 2.08. The maximum atomic E-state index is 12.7. The van der Waals surface area contributed by atoms with Crippen molar-refractivity contribution in [1.29, 1.82) is 0 Å². The monoisotopic (exact) mass is 284 g/mol. The SMILES string of the molecule is O=C(c1cnc2ccccc2n1)C1CC2CCC(C1)S2. The lowest BCUT2D eigenvalue weighted by Crippen LogP contribution is -2.25. The largest absolute Gasteiger partial charge is 0.292 e. The van der Waals surface area contributed by atoms with E-state index in [1.807, 2.05) is 24.3 Å². The average Bonchev–Trinajstić information content (AvgIpc) is 2.84. The van der Waals surface area contributed by atoms with Crippen LogP contribution in [0.1, 0.15) is 36.2 Å². The minimum Gasteiger partial charge on any atom is -0.292 e. The second kappa shape index (κ2) is 4.85. The van der Waals surface area contributed by atoms with Crippen molar-refractivity contribution >= 4 is 28.6 Å². The molecule has 20 heavy (non-hydrogen) atoms. The third kappa shape index (κ3) is 2.12. The number of nitrogens with zero attached hydrogens (tertiary/aromatic N) is 2. The van der Waals surface area contributed by atoms with Gasteiger partial charge in [-0.25, -0.2) is 4.98 Å². The molecular weight excluding hydrogens is 268 g/mol.